The molecule has 2 saturated heterocycles. The summed E-state index contributed by atoms with van der Waals surface area (Å²) in [5.41, 5.74) is 3.52. The maximum absolute atomic E-state index is 13.0. The molecule has 11 nitrogen and oxygen atoms in total. The highest BCUT2D eigenvalue weighted by Crippen LogP contribution is 2.42. The van der Waals surface area contributed by atoms with Crippen molar-refractivity contribution < 1.29 is 33.1 Å². The monoisotopic (exact) mass is 728 g/mol. The zero-order valence-corrected chi connectivity index (χ0v) is 33.2. The predicted molar refractivity (Wildman–Crippen MR) is 209 cm³/mol. The Morgan fingerprint density at radius 3 is 2.30 bits per heavy atom. The molecule has 2 amide bonds. The van der Waals surface area contributed by atoms with Crippen LogP contribution in [0.4, 0.5) is 4.79 Å². The number of ether oxygens (including phenoxy) is 3. The first-order valence-corrected chi connectivity index (χ1v) is 18.8. The maximum Gasteiger partial charge on any atom is 0.491 e. The molecule has 5 rings (SSSR count). The number of amides is 2. The van der Waals surface area contributed by atoms with Crippen LogP contribution >= 0.6 is 0 Å². The lowest BCUT2D eigenvalue weighted by molar-refractivity contribution is -0.123. The summed E-state index contributed by atoms with van der Waals surface area (Å²) in [6.07, 6.45) is 8.38. The normalized spacial score (nSPS) is 19.0. The van der Waals surface area contributed by atoms with Crippen molar-refractivity contribution in [1.82, 2.24) is 19.6 Å². The zero-order chi connectivity index (χ0) is 38.6. The lowest BCUT2D eigenvalue weighted by Crippen LogP contribution is -2.41. The van der Waals surface area contributed by atoms with Gasteiger partial charge in [0.15, 0.2) is 6.23 Å². The molecule has 0 aliphatic carbocycles. The van der Waals surface area contributed by atoms with E-state index in [9.17, 15) is 9.59 Å². The summed E-state index contributed by atoms with van der Waals surface area (Å²) >= 11 is 0. The van der Waals surface area contributed by atoms with Gasteiger partial charge in [0.05, 0.1) is 29.5 Å². The Hall–Kier alpha value is -4.13. The smallest absolute Gasteiger partial charge is 0.491 e. The van der Waals surface area contributed by atoms with Crippen LogP contribution in [0.25, 0.3) is 16.5 Å². The van der Waals surface area contributed by atoms with Gasteiger partial charge in [-0.2, -0.15) is 5.10 Å². The van der Waals surface area contributed by atoms with Crippen LogP contribution in [0.2, 0.25) is 0 Å². The van der Waals surface area contributed by atoms with Crippen molar-refractivity contribution in [1.29, 1.82) is 0 Å². The Morgan fingerprint density at radius 2 is 1.70 bits per heavy atom. The van der Waals surface area contributed by atoms with Gasteiger partial charge in [0.2, 0.25) is 5.91 Å². The Bertz CT molecular complexity index is 1780. The van der Waals surface area contributed by atoms with E-state index in [0.29, 0.717) is 12.2 Å². The van der Waals surface area contributed by atoms with E-state index in [1.54, 1.807) is 20.2 Å². The predicted octanol–water partition coefficient (Wildman–Crippen LogP) is 7.84. The molecule has 53 heavy (non-hydrogen) atoms. The number of carbonyl (C=O) groups excluding carboxylic acids is 2. The Kier molecular flexibility index (Phi) is 12.5. The number of carbonyl (C=O) groups is 2. The zero-order valence-electron chi connectivity index (χ0n) is 33.2. The third kappa shape index (κ3) is 9.71. The van der Waals surface area contributed by atoms with Gasteiger partial charge in [0, 0.05) is 38.7 Å². The molecule has 0 bridgehead atoms. The number of rotatable bonds is 12. The summed E-state index contributed by atoms with van der Waals surface area (Å²) in [5, 5.41) is 5.78. The molecule has 2 aliphatic rings. The summed E-state index contributed by atoms with van der Waals surface area (Å²) in [4.78, 5) is 28.0. The average molecular weight is 729 g/mol. The molecule has 1 unspecified atom stereocenters. The van der Waals surface area contributed by atoms with E-state index in [1.165, 1.54) is 15.9 Å². The molecule has 286 valence electrons. The van der Waals surface area contributed by atoms with Crippen LogP contribution < -0.4 is 4.74 Å². The molecular formula is C41H57BN4O7. The first kappa shape index (κ1) is 40.1. The van der Waals surface area contributed by atoms with E-state index in [0.717, 1.165) is 58.9 Å². The summed E-state index contributed by atoms with van der Waals surface area (Å²) in [7, 11) is 2.84. The quantitative estimate of drug-likeness (QED) is 0.137. The lowest BCUT2D eigenvalue weighted by atomic mass is 9.70. The summed E-state index contributed by atoms with van der Waals surface area (Å²) < 4.78 is 33.0. The molecule has 2 aromatic carbocycles. The Balaban J connectivity index is 1.41. The minimum absolute atomic E-state index is 0.0504. The SMILES string of the molecule is CC/C(B1OC(C)(C)C(C)(C)O1)=C(/c1ccc(OCCN(C/C=C/C(=O)N(C)C)C(=O)OC(C)(C)C)cc1)c1ccc2c(cnn2C2CCCCO2)c1. The van der Waals surface area contributed by atoms with Gasteiger partial charge in [-0.1, -0.05) is 31.2 Å². The molecule has 0 radical (unpaired) electrons. The van der Waals surface area contributed by atoms with Crippen LogP contribution in [-0.2, 0) is 23.6 Å². The minimum Gasteiger partial charge on any atom is -0.492 e. The molecule has 2 aliphatic heterocycles. The van der Waals surface area contributed by atoms with E-state index in [4.69, 9.17) is 28.6 Å². The van der Waals surface area contributed by atoms with E-state index >= 15 is 0 Å². The third-order valence-corrected chi connectivity index (χ3v) is 10.0. The molecule has 0 N–H and O–H groups in total. The largest absolute Gasteiger partial charge is 0.492 e. The lowest BCUT2D eigenvalue weighted by Gasteiger charge is -2.32. The van der Waals surface area contributed by atoms with Crippen LogP contribution in [-0.4, -0.2) is 95.9 Å². The van der Waals surface area contributed by atoms with Crippen molar-refractivity contribution in [3.63, 3.8) is 0 Å². The molecule has 3 aromatic rings. The fourth-order valence-electron chi connectivity index (χ4n) is 6.34. The first-order valence-electron chi connectivity index (χ1n) is 18.8. The fraction of sp³-hybridized carbons (Fsp3) is 0.537. The number of benzene rings is 2. The number of likely N-dealkylation sites (N-methyl/N-ethyl adjacent to an activating group) is 1. The average Bonchev–Trinajstić information content (AvgIpc) is 3.61. The minimum atomic E-state index is -0.660. The number of aromatic nitrogens is 2. The number of allylic oxidation sites excluding steroid dienone is 1. The van der Waals surface area contributed by atoms with Crippen LogP contribution in [0.15, 0.2) is 66.3 Å². The van der Waals surface area contributed by atoms with E-state index in [-0.39, 0.29) is 31.8 Å². The Labute approximate surface area is 315 Å². The van der Waals surface area contributed by atoms with Gasteiger partial charge < -0.3 is 33.3 Å². The second-order valence-corrected chi connectivity index (χ2v) is 16.0. The van der Waals surface area contributed by atoms with E-state index in [1.807, 2.05) is 43.8 Å². The van der Waals surface area contributed by atoms with Crippen molar-refractivity contribution in [2.75, 3.05) is 40.4 Å². The second kappa shape index (κ2) is 16.5. The molecule has 3 heterocycles. The standard InChI is InChI=1S/C41H57BN4O7/c1-11-33(42-52-40(5,6)41(7,8)53-42)37(30-19-22-34-31(27-30)28-43-46(34)36-16-12-13-25-50-36)29-17-20-32(21-18-29)49-26-24-45(38(48)51-39(2,3)4)23-14-15-35(47)44(9)10/h14-15,17-22,27-28,36H,11-13,16,23-26H2,1-10H3/b15-14+,37-33+. The van der Waals surface area contributed by atoms with Gasteiger partial charge in [-0.3, -0.25) is 4.79 Å². The molecule has 1 aromatic heterocycles. The van der Waals surface area contributed by atoms with E-state index < -0.39 is 30.0 Å². The van der Waals surface area contributed by atoms with Gasteiger partial charge in [-0.15, -0.1) is 0 Å². The molecule has 2 fully saturated rings. The Morgan fingerprint density at radius 1 is 1.02 bits per heavy atom. The van der Waals surface area contributed by atoms with Crippen LogP contribution in [0.5, 0.6) is 5.75 Å². The van der Waals surface area contributed by atoms with Crippen molar-refractivity contribution in [2.45, 2.75) is 104 Å². The third-order valence-electron chi connectivity index (χ3n) is 10.0. The highest BCUT2D eigenvalue weighted by molar-refractivity contribution is 6.56. The molecule has 0 saturated carbocycles. The molecular weight excluding hydrogens is 671 g/mol. The van der Waals surface area contributed by atoms with Gasteiger partial charge in [-0.25, -0.2) is 9.48 Å². The summed E-state index contributed by atoms with van der Waals surface area (Å²) in [6, 6.07) is 14.5. The molecule has 12 heteroatoms. The second-order valence-electron chi connectivity index (χ2n) is 16.0. The first-order chi connectivity index (χ1) is 25.0. The van der Waals surface area contributed by atoms with Crippen molar-refractivity contribution >= 4 is 35.6 Å². The van der Waals surface area contributed by atoms with Gasteiger partial charge in [0.1, 0.15) is 18.0 Å². The van der Waals surface area contributed by atoms with Crippen molar-refractivity contribution in [3.05, 3.63) is 77.4 Å². The topological polar surface area (TPSA) is 105 Å². The summed E-state index contributed by atoms with van der Waals surface area (Å²) in [6.45, 7) is 17.4. The van der Waals surface area contributed by atoms with Crippen molar-refractivity contribution in [3.8, 4) is 5.75 Å². The maximum atomic E-state index is 13.0. The van der Waals surface area contributed by atoms with Crippen LogP contribution in [0.3, 0.4) is 0 Å². The summed E-state index contributed by atoms with van der Waals surface area (Å²) in [5.74, 6) is 0.501. The van der Waals surface area contributed by atoms with E-state index in [2.05, 4.69) is 65.0 Å². The number of hydrogen-bond donors (Lipinski definition) is 0. The number of nitrogens with zero attached hydrogens (tertiary/aromatic N) is 4. The van der Waals surface area contributed by atoms with Gasteiger partial charge in [0.25, 0.3) is 0 Å². The number of hydrogen-bond acceptors (Lipinski definition) is 8. The highest BCUT2D eigenvalue weighted by Gasteiger charge is 2.52. The fourth-order valence-corrected chi connectivity index (χ4v) is 6.34. The molecule has 0 spiro atoms. The number of fused-ring (bicyclic) bond motifs is 1. The van der Waals surface area contributed by atoms with Gasteiger partial charge in [-0.05, 0) is 121 Å². The van der Waals surface area contributed by atoms with Crippen LogP contribution in [0, 0.1) is 0 Å². The van der Waals surface area contributed by atoms with Gasteiger partial charge >= 0.3 is 13.2 Å². The van der Waals surface area contributed by atoms with Crippen LogP contribution in [0.1, 0.15) is 98.4 Å². The highest BCUT2D eigenvalue weighted by atomic mass is 16.7. The van der Waals surface area contributed by atoms with Crippen molar-refractivity contribution in [2.24, 2.45) is 0 Å². The molecule has 1 atom stereocenters.